The number of benzene rings is 2. The third-order valence-electron chi connectivity index (χ3n) is 5.88. The summed E-state index contributed by atoms with van der Waals surface area (Å²) in [4.78, 5) is 14.8. The lowest BCUT2D eigenvalue weighted by molar-refractivity contribution is -0.159. The zero-order valence-corrected chi connectivity index (χ0v) is 19.5. The van der Waals surface area contributed by atoms with Gasteiger partial charge in [-0.25, -0.2) is 4.79 Å². The van der Waals surface area contributed by atoms with Crippen LogP contribution in [0.15, 0.2) is 42.5 Å². The lowest BCUT2D eigenvalue weighted by atomic mass is 9.98. The molecule has 0 radical (unpaired) electrons. The standard InChI is InChI=1S/C24H30N6O4/c1-4-34-23(24(32)33)30-27-22(26-28-30)21-8-6-5-7-18(21)9-17-10-19(12-20(31)11-17)29-14-15(2)25-13-16(29)3/h5-8,10-12,15-16,23,25,31H,4,9,13-14H2,1-3H3,(H,32,33)/t15-,16+,23-/m1/s1. The second-order valence-corrected chi connectivity index (χ2v) is 8.58. The summed E-state index contributed by atoms with van der Waals surface area (Å²) >= 11 is 0. The Hall–Kier alpha value is -3.50. The average molecular weight is 467 g/mol. The van der Waals surface area contributed by atoms with Gasteiger partial charge >= 0.3 is 5.97 Å². The van der Waals surface area contributed by atoms with Gasteiger partial charge in [-0.2, -0.15) is 0 Å². The summed E-state index contributed by atoms with van der Waals surface area (Å²) in [6, 6.07) is 14.0. The first-order valence-electron chi connectivity index (χ1n) is 11.4. The van der Waals surface area contributed by atoms with E-state index in [1.54, 1.807) is 19.1 Å². The Labute approximate surface area is 198 Å². The van der Waals surface area contributed by atoms with Crippen LogP contribution in [0.4, 0.5) is 5.69 Å². The number of tetrazole rings is 1. The molecule has 1 aliphatic heterocycles. The highest BCUT2D eigenvalue weighted by Gasteiger charge is 2.25. The minimum absolute atomic E-state index is 0.203. The molecule has 0 bridgehead atoms. The summed E-state index contributed by atoms with van der Waals surface area (Å²) < 4.78 is 5.23. The summed E-state index contributed by atoms with van der Waals surface area (Å²) in [6.45, 7) is 7.97. The first kappa shape index (κ1) is 23.7. The number of carboxylic acid groups (broad SMARTS) is 1. The van der Waals surface area contributed by atoms with Gasteiger partial charge in [0.2, 0.25) is 5.82 Å². The number of hydrogen-bond acceptors (Lipinski definition) is 8. The van der Waals surface area contributed by atoms with E-state index in [0.717, 1.165) is 40.3 Å². The molecular formula is C24H30N6O4. The van der Waals surface area contributed by atoms with Crippen molar-refractivity contribution in [3.8, 4) is 17.1 Å². The highest BCUT2D eigenvalue weighted by molar-refractivity contribution is 5.70. The van der Waals surface area contributed by atoms with Crippen molar-refractivity contribution in [1.29, 1.82) is 0 Å². The number of piperazine rings is 1. The highest BCUT2D eigenvalue weighted by atomic mass is 16.5. The van der Waals surface area contributed by atoms with E-state index in [4.69, 9.17) is 4.74 Å². The van der Waals surface area contributed by atoms with Gasteiger partial charge in [0, 0.05) is 49.1 Å². The van der Waals surface area contributed by atoms with E-state index in [-0.39, 0.29) is 12.4 Å². The maximum Gasteiger partial charge on any atom is 0.357 e. The zero-order chi connectivity index (χ0) is 24.2. The number of carboxylic acids is 1. The number of aromatic hydroxyl groups is 1. The minimum atomic E-state index is -1.34. The smallest absolute Gasteiger partial charge is 0.357 e. The van der Waals surface area contributed by atoms with Crippen LogP contribution in [0.3, 0.4) is 0 Å². The first-order valence-corrected chi connectivity index (χ1v) is 11.4. The van der Waals surface area contributed by atoms with Gasteiger partial charge in [0.15, 0.2) is 0 Å². The predicted octanol–water partition coefficient (Wildman–Crippen LogP) is 2.44. The van der Waals surface area contributed by atoms with E-state index in [9.17, 15) is 15.0 Å². The minimum Gasteiger partial charge on any atom is -0.508 e. The number of nitrogens with zero attached hydrogens (tertiary/aromatic N) is 5. The molecule has 2 aromatic carbocycles. The first-order chi connectivity index (χ1) is 16.4. The number of hydrogen-bond donors (Lipinski definition) is 3. The normalized spacial score (nSPS) is 19.2. The second-order valence-electron chi connectivity index (χ2n) is 8.58. The molecule has 2 heterocycles. The molecule has 10 heteroatoms. The van der Waals surface area contributed by atoms with Crippen LogP contribution >= 0.6 is 0 Å². The number of phenolic OH excluding ortho intramolecular Hbond substituents is 1. The molecule has 4 rings (SSSR count). The van der Waals surface area contributed by atoms with Crippen molar-refractivity contribution in [1.82, 2.24) is 25.5 Å². The topological polar surface area (TPSA) is 126 Å². The Bertz CT molecular complexity index is 1150. The molecule has 1 aliphatic rings. The van der Waals surface area contributed by atoms with Gasteiger partial charge in [0.25, 0.3) is 6.23 Å². The molecule has 0 amide bonds. The molecule has 34 heavy (non-hydrogen) atoms. The fourth-order valence-electron chi connectivity index (χ4n) is 4.25. The van der Waals surface area contributed by atoms with E-state index in [0.29, 0.717) is 24.3 Å². The molecule has 1 saturated heterocycles. The van der Waals surface area contributed by atoms with E-state index in [1.807, 2.05) is 24.3 Å². The van der Waals surface area contributed by atoms with E-state index >= 15 is 0 Å². The molecule has 0 aliphatic carbocycles. The third kappa shape index (κ3) is 5.18. The largest absolute Gasteiger partial charge is 0.508 e. The number of aromatic nitrogens is 4. The highest BCUT2D eigenvalue weighted by Crippen LogP contribution is 2.29. The molecule has 10 nitrogen and oxygen atoms in total. The Morgan fingerprint density at radius 2 is 2.06 bits per heavy atom. The molecule has 3 N–H and O–H groups in total. The maximum absolute atomic E-state index is 11.5. The van der Waals surface area contributed by atoms with Crippen LogP contribution in [-0.4, -0.2) is 68.2 Å². The molecule has 180 valence electrons. The van der Waals surface area contributed by atoms with Crippen molar-refractivity contribution >= 4 is 11.7 Å². The lowest BCUT2D eigenvalue weighted by Gasteiger charge is -2.39. The number of carbonyl (C=O) groups is 1. The van der Waals surface area contributed by atoms with Crippen LogP contribution in [-0.2, 0) is 16.0 Å². The number of anilines is 1. The summed E-state index contributed by atoms with van der Waals surface area (Å²) in [5.74, 6) is -0.664. The average Bonchev–Trinajstić information content (AvgIpc) is 3.28. The number of ether oxygens (including phenoxy) is 1. The van der Waals surface area contributed by atoms with Gasteiger partial charge in [-0.3, -0.25) is 0 Å². The van der Waals surface area contributed by atoms with Crippen molar-refractivity contribution in [3.05, 3.63) is 53.6 Å². The molecule has 1 fully saturated rings. The van der Waals surface area contributed by atoms with Crippen molar-refractivity contribution in [2.75, 3.05) is 24.6 Å². The summed E-state index contributed by atoms with van der Waals surface area (Å²) in [5.41, 5.74) is 3.61. The fourth-order valence-corrected chi connectivity index (χ4v) is 4.25. The van der Waals surface area contributed by atoms with Crippen LogP contribution in [0.5, 0.6) is 5.75 Å². The number of nitrogens with one attached hydrogen (secondary N) is 1. The Balaban J connectivity index is 1.62. The van der Waals surface area contributed by atoms with E-state index in [1.165, 1.54) is 0 Å². The molecule has 3 aromatic rings. The van der Waals surface area contributed by atoms with Crippen molar-refractivity contribution in [2.24, 2.45) is 0 Å². The van der Waals surface area contributed by atoms with Gasteiger partial charge in [-0.15, -0.1) is 15.0 Å². The quantitative estimate of drug-likeness (QED) is 0.459. The summed E-state index contributed by atoms with van der Waals surface area (Å²) in [6.07, 6.45) is -0.800. The van der Waals surface area contributed by atoms with Crippen molar-refractivity contribution in [2.45, 2.75) is 45.5 Å². The third-order valence-corrected chi connectivity index (χ3v) is 5.88. The predicted molar refractivity (Wildman–Crippen MR) is 127 cm³/mol. The number of rotatable bonds is 8. The molecule has 1 aromatic heterocycles. The van der Waals surface area contributed by atoms with E-state index < -0.39 is 12.2 Å². The molecule has 0 spiro atoms. The fraction of sp³-hybridized carbons (Fsp3) is 0.417. The van der Waals surface area contributed by atoms with Crippen molar-refractivity contribution in [3.63, 3.8) is 0 Å². The molecule has 0 unspecified atom stereocenters. The Morgan fingerprint density at radius 3 is 2.82 bits per heavy atom. The van der Waals surface area contributed by atoms with Gasteiger partial charge in [-0.05, 0) is 55.7 Å². The molecule has 3 atom stereocenters. The summed E-state index contributed by atoms with van der Waals surface area (Å²) in [7, 11) is 0. The SMILES string of the molecule is CCO[C@H](C(=O)O)n1nnc(-c2ccccc2Cc2cc(O)cc(N3C[C@@H](C)NC[C@@H]3C)c2)n1. The van der Waals surface area contributed by atoms with Gasteiger partial charge in [-0.1, -0.05) is 24.3 Å². The number of aliphatic carboxylic acids is 1. The molecule has 0 saturated carbocycles. The Morgan fingerprint density at radius 1 is 1.26 bits per heavy atom. The van der Waals surface area contributed by atoms with E-state index in [2.05, 4.69) is 45.5 Å². The van der Waals surface area contributed by atoms with Crippen molar-refractivity contribution < 1.29 is 19.7 Å². The van der Waals surface area contributed by atoms with Crippen LogP contribution < -0.4 is 10.2 Å². The lowest BCUT2D eigenvalue weighted by Crippen LogP contribution is -2.54. The Kier molecular flexibility index (Phi) is 7.09. The zero-order valence-electron chi connectivity index (χ0n) is 19.5. The molecular weight excluding hydrogens is 436 g/mol. The van der Waals surface area contributed by atoms with Gasteiger partial charge in [0.1, 0.15) is 5.75 Å². The van der Waals surface area contributed by atoms with Crippen LogP contribution in [0.25, 0.3) is 11.4 Å². The van der Waals surface area contributed by atoms with Crippen LogP contribution in [0.1, 0.15) is 38.1 Å². The maximum atomic E-state index is 11.5. The monoisotopic (exact) mass is 466 g/mol. The second kappa shape index (κ2) is 10.2. The van der Waals surface area contributed by atoms with Crippen LogP contribution in [0.2, 0.25) is 0 Å². The number of phenols is 1. The van der Waals surface area contributed by atoms with Gasteiger partial charge < -0.3 is 25.2 Å². The van der Waals surface area contributed by atoms with Crippen LogP contribution in [0, 0.1) is 0 Å². The summed E-state index contributed by atoms with van der Waals surface area (Å²) in [5, 5.41) is 35.6. The van der Waals surface area contributed by atoms with Gasteiger partial charge in [0.05, 0.1) is 0 Å².